The average Bonchev–Trinajstić information content (AvgIpc) is 3.08. The number of nitrogens with zero attached hydrogens (tertiary/aromatic N) is 2. The molecule has 31 heavy (non-hydrogen) atoms. The van der Waals surface area contributed by atoms with Crippen molar-refractivity contribution in [2.45, 2.75) is 19.3 Å². The van der Waals surface area contributed by atoms with Crippen LogP contribution in [0.2, 0.25) is 0 Å². The molecule has 0 aromatic heterocycles. The Morgan fingerprint density at radius 1 is 0.839 bits per heavy atom. The number of piperidine rings is 1. The van der Waals surface area contributed by atoms with E-state index in [0.29, 0.717) is 46.6 Å². The van der Waals surface area contributed by atoms with Crippen LogP contribution in [0.4, 0.5) is 17.1 Å². The highest BCUT2D eigenvalue weighted by molar-refractivity contribution is 6.06. The zero-order chi connectivity index (χ0) is 22.3. The van der Waals surface area contributed by atoms with Gasteiger partial charge in [-0.3, -0.25) is 0 Å². The summed E-state index contributed by atoms with van der Waals surface area (Å²) in [6.45, 7) is 1.28. The van der Waals surface area contributed by atoms with E-state index < -0.39 is 15.7 Å². The number of rotatable bonds is 4. The molecule has 0 saturated carbocycles. The highest BCUT2D eigenvalue weighted by Gasteiger charge is 2.35. The molecule has 1 aliphatic heterocycles. The second-order valence-corrected chi connectivity index (χ2v) is 7.51. The molecule has 0 radical (unpaired) electrons. The maximum atomic E-state index is 12.0. The number of allylic oxidation sites excluding steroid dienone is 1. The summed E-state index contributed by atoms with van der Waals surface area (Å²) in [5.74, 6) is 0. The summed E-state index contributed by atoms with van der Waals surface area (Å²) in [6, 6.07) is 8.96. The molecular weight excluding hydrogens is 406 g/mol. The predicted molar refractivity (Wildman–Crippen MR) is 106 cm³/mol. The van der Waals surface area contributed by atoms with Gasteiger partial charge in [-0.05, 0) is 36.5 Å². The molecule has 0 amide bonds. The van der Waals surface area contributed by atoms with Gasteiger partial charge in [0.25, 0.3) is 0 Å². The van der Waals surface area contributed by atoms with Gasteiger partial charge in [-0.15, -0.1) is 0 Å². The van der Waals surface area contributed by atoms with E-state index in [1.54, 1.807) is 0 Å². The van der Waals surface area contributed by atoms with E-state index in [1.807, 2.05) is 4.90 Å². The Morgan fingerprint density at radius 3 is 2.06 bits per heavy atom. The summed E-state index contributed by atoms with van der Waals surface area (Å²) in [4.78, 5) is 1.90. The number of hydrogen-bond donors (Lipinski definition) is 6. The third kappa shape index (κ3) is 3.68. The number of nitriles is 1. The first kappa shape index (κ1) is 21.3. The zero-order valence-electron chi connectivity index (χ0n) is 16.4. The minimum atomic E-state index is -1.30. The first-order chi connectivity index (χ1) is 14.8. The van der Waals surface area contributed by atoms with Crippen molar-refractivity contribution in [3.63, 3.8) is 0 Å². The van der Waals surface area contributed by atoms with Crippen LogP contribution in [-0.2, 0) is 0 Å². The Labute approximate surface area is 177 Å². The molecule has 0 bridgehead atoms. The highest BCUT2D eigenvalue weighted by Crippen LogP contribution is 2.50. The quantitative estimate of drug-likeness (QED) is 0.242. The number of nitrogens with one attached hydrogen (secondary N) is 3. The topological polar surface area (TPSA) is 170 Å². The van der Waals surface area contributed by atoms with Gasteiger partial charge in [-0.2, -0.15) is 20.9 Å². The van der Waals surface area contributed by atoms with Crippen molar-refractivity contribution in [2.24, 2.45) is 0 Å². The molecule has 162 valence electrons. The molecule has 2 aromatic carbocycles. The van der Waals surface area contributed by atoms with Crippen LogP contribution in [0, 0.1) is 27.0 Å². The fourth-order valence-electron chi connectivity index (χ4n) is 4.33. The van der Waals surface area contributed by atoms with Gasteiger partial charge in [0.1, 0.15) is 11.8 Å². The van der Waals surface area contributed by atoms with Crippen molar-refractivity contribution in [3.05, 3.63) is 62.8 Å². The van der Waals surface area contributed by atoms with Gasteiger partial charge in [0.2, 0.25) is 0 Å². The molecule has 0 spiro atoms. The van der Waals surface area contributed by atoms with Gasteiger partial charge in [-0.25, -0.2) is 15.6 Å². The molecule has 3 unspecified atom stereocenters. The molecule has 1 fully saturated rings. The molecular formula is C20H21N5O6. The largest absolute Gasteiger partial charge is 0.595 e. The standard InChI is InChI=1S/C20H21N5O6/c21-11-18(22-6-2-1-3-7-22)20-15-8-12(23(26)27)4-5-14(15)19-16(20)9-13(24(28)29)10-17(19)25(30)31/h4-5,8-10,23-26,28,30H,1-3,6-7H2/b20-18+. The van der Waals surface area contributed by atoms with Crippen molar-refractivity contribution in [3.8, 4) is 17.2 Å². The van der Waals surface area contributed by atoms with E-state index in [1.165, 1.54) is 24.3 Å². The predicted octanol–water partition coefficient (Wildman–Crippen LogP) is -0.354. The second kappa shape index (κ2) is 8.33. The van der Waals surface area contributed by atoms with Crippen LogP contribution in [0.3, 0.4) is 0 Å². The van der Waals surface area contributed by atoms with E-state index in [-0.39, 0.29) is 17.1 Å². The van der Waals surface area contributed by atoms with Gasteiger partial charge < -0.3 is 20.5 Å². The normalized spacial score (nSPS) is 19.8. The number of quaternary nitrogens is 3. The average molecular weight is 427 g/mol. The van der Waals surface area contributed by atoms with Crippen LogP contribution in [-0.4, -0.2) is 33.6 Å². The lowest BCUT2D eigenvalue weighted by molar-refractivity contribution is -0.996. The molecule has 3 atom stereocenters. The summed E-state index contributed by atoms with van der Waals surface area (Å²) in [7, 11) is 0. The molecule has 1 heterocycles. The highest BCUT2D eigenvalue weighted by atomic mass is 16.8. The fraction of sp³-hybridized carbons (Fsp3) is 0.250. The van der Waals surface area contributed by atoms with Crippen molar-refractivity contribution in [1.29, 1.82) is 5.26 Å². The summed E-state index contributed by atoms with van der Waals surface area (Å²) in [5.41, 5.74) is 1.75. The van der Waals surface area contributed by atoms with Crippen molar-refractivity contribution >= 4 is 22.6 Å². The Morgan fingerprint density at radius 2 is 1.48 bits per heavy atom. The Balaban J connectivity index is 2.07. The molecule has 1 saturated heterocycles. The minimum Gasteiger partial charge on any atom is -0.595 e. The molecule has 6 N–H and O–H groups in total. The van der Waals surface area contributed by atoms with Crippen LogP contribution >= 0.6 is 0 Å². The maximum Gasteiger partial charge on any atom is 0.178 e. The van der Waals surface area contributed by atoms with Crippen LogP contribution in [0.15, 0.2) is 36.0 Å². The Kier molecular flexibility index (Phi) is 5.73. The molecule has 4 rings (SSSR count). The summed E-state index contributed by atoms with van der Waals surface area (Å²) in [6.07, 6.45) is 2.82. The molecule has 11 heteroatoms. The summed E-state index contributed by atoms with van der Waals surface area (Å²) >= 11 is 0. The molecule has 1 aliphatic carbocycles. The first-order valence-electron chi connectivity index (χ1n) is 9.76. The zero-order valence-corrected chi connectivity index (χ0v) is 16.4. The number of hydrogen-bond acceptors (Lipinski definition) is 8. The number of fused-ring (bicyclic) bond motifs is 3. The van der Waals surface area contributed by atoms with Crippen LogP contribution in [0.25, 0.3) is 16.7 Å². The van der Waals surface area contributed by atoms with Gasteiger partial charge >= 0.3 is 0 Å². The van der Waals surface area contributed by atoms with E-state index in [0.717, 1.165) is 25.3 Å². The number of likely N-dealkylation sites (tertiary alicyclic amines) is 1. The lowest BCUT2D eigenvalue weighted by atomic mass is 9.99. The van der Waals surface area contributed by atoms with Crippen molar-refractivity contribution < 1.29 is 31.3 Å². The lowest BCUT2D eigenvalue weighted by Crippen LogP contribution is -3.01. The smallest absolute Gasteiger partial charge is 0.178 e. The minimum absolute atomic E-state index is 0.00433. The second-order valence-electron chi connectivity index (χ2n) is 7.51. The summed E-state index contributed by atoms with van der Waals surface area (Å²) in [5, 5.41) is 70.3. The lowest BCUT2D eigenvalue weighted by Gasteiger charge is -2.29. The van der Waals surface area contributed by atoms with Crippen molar-refractivity contribution in [2.75, 3.05) is 13.1 Å². The summed E-state index contributed by atoms with van der Waals surface area (Å²) < 4.78 is 0. The first-order valence-corrected chi connectivity index (χ1v) is 9.76. The van der Waals surface area contributed by atoms with E-state index in [2.05, 4.69) is 6.07 Å². The van der Waals surface area contributed by atoms with E-state index >= 15 is 0 Å². The molecule has 11 nitrogen and oxygen atoms in total. The monoisotopic (exact) mass is 427 g/mol. The third-order valence-corrected chi connectivity index (χ3v) is 5.71. The maximum absolute atomic E-state index is 12.0. The van der Waals surface area contributed by atoms with E-state index in [9.17, 15) is 36.5 Å². The van der Waals surface area contributed by atoms with E-state index in [4.69, 9.17) is 0 Å². The Bertz CT molecular complexity index is 1090. The van der Waals surface area contributed by atoms with Gasteiger partial charge in [-0.1, -0.05) is 0 Å². The van der Waals surface area contributed by atoms with Gasteiger partial charge in [0.15, 0.2) is 17.1 Å². The van der Waals surface area contributed by atoms with Crippen LogP contribution in [0.5, 0.6) is 0 Å². The third-order valence-electron chi connectivity index (χ3n) is 5.71. The fourth-order valence-corrected chi connectivity index (χ4v) is 4.33. The SMILES string of the molecule is N#C/C(=C1/c2cc([NH+]([O-])O)ccc2-c2c1cc([NH+]([O-])O)cc2[NH+]([O-])O)N1CCCCC1. The molecule has 2 aromatic rings. The molecule has 2 aliphatic rings. The van der Waals surface area contributed by atoms with Crippen LogP contribution in [0.1, 0.15) is 30.4 Å². The number of benzene rings is 2. The van der Waals surface area contributed by atoms with Crippen molar-refractivity contribution in [1.82, 2.24) is 4.90 Å². The Hall–Kier alpha value is -2.89. The van der Waals surface area contributed by atoms with Gasteiger partial charge in [0.05, 0.1) is 11.6 Å². The van der Waals surface area contributed by atoms with Crippen LogP contribution < -0.4 is 15.7 Å². The van der Waals surface area contributed by atoms with Gasteiger partial charge in [0, 0.05) is 42.4 Å².